The molecule has 1 nitrogen and oxygen atoms in total. The van der Waals surface area contributed by atoms with Crippen molar-refractivity contribution in [3.63, 3.8) is 0 Å². The molecule has 0 saturated carbocycles. The van der Waals surface area contributed by atoms with E-state index in [0.29, 0.717) is 5.56 Å². The zero-order valence-corrected chi connectivity index (χ0v) is 7.31. The topological polar surface area (TPSA) is 16.6 Å². The normalized spacial score (nSPS) is 10.2. The van der Waals surface area contributed by atoms with Crippen LogP contribution >= 0.6 is 0 Å². The zero-order chi connectivity index (χ0) is 8.97. The minimum absolute atomic E-state index is 0.114. The number of hydrogen-bond acceptors (Lipinski definition) is 0. The number of nitrogens with two attached hydrogens (primary N) is 1. The van der Waals surface area contributed by atoms with Gasteiger partial charge >= 0.3 is 0 Å². The third kappa shape index (κ3) is 2.31. The Morgan fingerprint density at radius 1 is 1.50 bits per heavy atom. The molecule has 0 amide bonds. The summed E-state index contributed by atoms with van der Waals surface area (Å²) in [6.07, 6.45) is 0.876. The first-order valence-corrected chi connectivity index (χ1v) is 4.10. The summed E-state index contributed by atoms with van der Waals surface area (Å²) in [5.74, 6) is -0.114. The Bertz CT molecular complexity index is 258. The number of quaternary nitrogens is 1. The molecule has 0 atom stereocenters. The van der Waals surface area contributed by atoms with Crippen LogP contribution < -0.4 is 5.32 Å². The van der Waals surface area contributed by atoms with Crippen molar-refractivity contribution < 1.29 is 9.71 Å². The van der Waals surface area contributed by atoms with Gasteiger partial charge in [0.05, 0.1) is 6.54 Å². The van der Waals surface area contributed by atoms with E-state index in [4.69, 9.17) is 0 Å². The highest BCUT2D eigenvalue weighted by Crippen LogP contribution is 2.08. The number of aryl methyl sites for hydroxylation is 1. The third-order valence-electron chi connectivity index (χ3n) is 1.87. The van der Waals surface area contributed by atoms with Crippen molar-refractivity contribution >= 4 is 0 Å². The maximum absolute atomic E-state index is 13.0. The third-order valence-corrected chi connectivity index (χ3v) is 1.87. The molecule has 0 heterocycles. The van der Waals surface area contributed by atoms with Crippen LogP contribution in [-0.4, -0.2) is 6.54 Å². The van der Waals surface area contributed by atoms with Crippen molar-refractivity contribution in [3.8, 4) is 0 Å². The highest BCUT2D eigenvalue weighted by molar-refractivity contribution is 5.23. The van der Waals surface area contributed by atoms with Crippen molar-refractivity contribution in [3.05, 3.63) is 42.2 Å². The average Bonchev–Trinajstić information content (AvgIpc) is 2.07. The largest absolute Gasteiger partial charge is 0.479 e. The highest BCUT2D eigenvalue weighted by atomic mass is 19.1. The number of halogens is 1. The van der Waals surface area contributed by atoms with Gasteiger partial charge in [0.15, 0.2) is 0 Å². The van der Waals surface area contributed by atoms with E-state index < -0.39 is 0 Å². The van der Waals surface area contributed by atoms with Crippen LogP contribution in [-0.2, 0) is 6.42 Å². The molecule has 0 fully saturated rings. The van der Waals surface area contributed by atoms with Crippen LogP contribution in [0.15, 0.2) is 18.2 Å². The summed E-state index contributed by atoms with van der Waals surface area (Å²) >= 11 is 0. The Balaban J connectivity index is 2.69. The maximum atomic E-state index is 13.0. The van der Waals surface area contributed by atoms with Gasteiger partial charge in [0.1, 0.15) is 5.82 Å². The lowest BCUT2D eigenvalue weighted by atomic mass is 10.1. The van der Waals surface area contributed by atoms with Gasteiger partial charge in [0.25, 0.3) is 0 Å². The fourth-order valence-corrected chi connectivity index (χ4v) is 1.06. The molecular formula is C10H14FN. The molecule has 0 spiro atoms. The van der Waals surface area contributed by atoms with Crippen LogP contribution in [0.5, 0.6) is 0 Å². The first-order valence-electron chi connectivity index (χ1n) is 4.10. The summed E-state index contributed by atoms with van der Waals surface area (Å²) in [6, 6.07) is 5.37. The van der Waals surface area contributed by atoms with Crippen molar-refractivity contribution in [2.75, 3.05) is 6.54 Å². The van der Waals surface area contributed by atoms with E-state index in [9.17, 15) is 4.39 Å². The second kappa shape index (κ2) is 4.21. The standard InChI is InChI=1S/C10H14FN/c1-8-3-4-9(5-6-12-2)7-10(8)11/h3-4,7H,2,5-6,12H2,1H3. The van der Waals surface area contributed by atoms with Gasteiger partial charge in [-0.15, -0.1) is 0 Å². The number of benzene rings is 1. The molecule has 12 heavy (non-hydrogen) atoms. The van der Waals surface area contributed by atoms with Crippen molar-refractivity contribution in [1.29, 1.82) is 0 Å². The fraction of sp³-hybridized carbons (Fsp3) is 0.300. The lowest BCUT2D eigenvalue weighted by molar-refractivity contribution is -0.594. The fourth-order valence-electron chi connectivity index (χ4n) is 1.06. The van der Waals surface area contributed by atoms with Crippen molar-refractivity contribution in [2.45, 2.75) is 13.3 Å². The van der Waals surface area contributed by atoms with E-state index in [0.717, 1.165) is 18.5 Å². The molecular weight excluding hydrogens is 153 g/mol. The van der Waals surface area contributed by atoms with Crippen LogP contribution in [0.2, 0.25) is 0 Å². The second-order valence-corrected chi connectivity index (χ2v) is 2.91. The van der Waals surface area contributed by atoms with Gasteiger partial charge in [0.2, 0.25) is 0 Å². The van der Waals surface area contributed by atoms with Gasteiger partial charge in [-0.3, -0.25) is 0 Å². The van der Waals surface area contributed by atoms with Crippen LogP contribution in [0.25, 0.3) is 0 Å². The molecule has 0 aromatic heterocycles. The Morgan fingerprint density at radius 2 is 2.25 bits per heavy atom. The van der Waals surface area contributed by atoms with Gasteiger partial charge in [-0.2, -0.15) is 7.05 Å². The Kier molecular flexibility index (Phi) is 3.23. The van der Waals surface area contributed by atoms with Crippen molar-refractivity contribution in [1.82, 2.24) is 0 Å². The molecule has 0 aliphatic heterocycles. The van der Waals surface area contributed by atoms with Crippen LogP contribution in [0.1, 0.15) is 11.1 Å². The van der Waals surface area contributed by atoms with Gasteiger partial charge < -0.3 is 5.32 Å². The van der Waals surface area contributed by atoms with E-state index in [1.165, 1.54) is 0 Å². The molecule has 1 aromatic carbocycles. The van der Waals surface area contributed by atoms with Gasteiger partial charge in [-0.05, 0) is 24.1 Å². The number of hydrogen-bond donors (Lipinski definition) is 1. The number of rotatable bonds is 3. The molecule has 66 valence electrons. The molecule has 1 aromatic rings. The summed E-state index contributed by atoms with van der Waals surface area (Å²) in [4.78, 5) is 0. The Morgan fingerprint density at radius 3 is 2.83 bits per heavy atom. The summed E-state index contributed by atoms with van der Waals surface area (Å²) in [5.41, 5.74) is 1.75. The maximum Gasteiger partial charge on any atom is 0.126 e. The van der Waals surface area contributed by atoms with Crippen LogP contribution in [0.4, 0.5) is 4.39 Å². The Hall–Kier alpha value is -0.890. The van der Waals surface area contributed by atoms with E-state index in [-0.39, 0.29) is 5.82 Å². The lowest BCUT2D eigenvalue weighted by Gasteiger charge is -2.02. The quantitative estimate of drug-likeness (QED) is 0.648. The summed E-state index contributed by atoms with van der Waals surface area (Å²) < 4.78 is 13.0. The molecule has 0 bridgehead atoms. The highest BCUT2D eigenvalue weighted by Gasteiger charge is 1.98. The van der Waals surface area contributed by atoms with Gasteiger partial charge in [0, 0.05) is 6.42 Å². The van der Waals surface area contributed by atoms with Crippen LogP contribution in [0.3, 0.4) is 0 Å². The van der Waals surface area contributed by atoms with E-state index in [1.54, 1.807) is 13.0 Å². The molecule has 1 rings (SSSR count). The molecule has 0 unspecified atom stereocenters. The monoisotopic (exact) mass is 167 g/mol. The SMILES string of the molecule is [CH2-][NH2+]CCc1ccc(C)c(F)c1. The van der Waals surface area contributed by atoms with Gasteiger partial charge in [-0.25, -0.2) is 4.39 Å². The minimum Gasteiger partial charge on any atom is -0.479 e. The molecule has 0 aliphatic carbocycles. The molecule has 0 radical (unpaired) electrons. The predicted octanol–water partition coefficient (Wildman–Crippen LogP) is 1.03. The minimum atomic E-state index is -0.114. The van der Waals surface area contributed by atoms with Gasteiger partial charge in [-0.1, -0.05) is 12.1 Å². The first kappa shape index (κ1) is 9.20. The summed E-state index contributed by atoms with van der Waals surface area (Å²) in [5, 5.41) is 1.85. The van der Waals surface area contributed by atoms with E-state index >= 15 is 0 Å². The molecule has 0 saturated heterocycles. The van der Waals surface area contributed by atoms with Crippen molar-refractivity contribution in [2.24, 2.45) is 0 Å². The molecule has 2 heteroatoms. The predicted molar refractivity (Wildman–Crippen MR) is 47.0 cm³/mol. The lowest BCUT2D eigenvalue weighted by Crippen LogP contribution is -2.77. The van der Waals surface area contributed by atoms with E-state index in [1.807, 2.05) is 17.4 Å². The van der Waals surface area contributed by atoms with Crippen LogP contribution in [0, 0.1) is 19.8 Å². The first-order chi connectivity index (χ1) is 5.74. The Labute approximate surface area is 72.6 Å². The smallest absolute Gasteiger partial charge is 0.126 e. The average molecular weight is 167 g/mol. The second-order valence-electron chi connectivity index (χ2n) is 2.91. The zero-order valence-electron chi connectivity index (χ0n) is 7.31. The summed E-state index contributed by atoms with van der Waals surface area (Å²) in [7, 11) is 3.62. The molecule has 0 aliphatic rings. The molecule has 2 N–H and O–H groups in total. The van der Waals surface area contributed by atoms with E-state index in [2.05, 4.69) is 7.05 Å². The summed E-state index contributed by atoms with van der Waals surface area (Å²) in [6.45, 7) is 2.68.